The summed E-state index contributed by atoms with van der Waals surface area (Å²) in [5.74, 6) is 0.172. The van der Waals surface area contributed by atoms with Crippen LogP contribution in [0.1, 0.15) is 48.1 Å². The summed E-state index contributed by atoms with van der Waals surface area (Å²) >= 11 is 0. The normalized spacial score (nSPS) is 17.7. The predicted octanol–water partition coefficient (Wildman–Crippen LogP) is 3.37. The van der Waals surface area contributed by atoms with Crippen LogP contribution in [0.2, 0.25) is 0 Å². The predicted molar refractivity (Wildman–Crippen MR) is 125 cm³/mol. The van der Waals surface area contributed by atoms with Gasteiger partial charge in [0.15, 0.2) is 0 Å². The highest BCUT2D eigenvalue weighted by atomic mass is 16.5. The first-order valence-electron chi connectivity index (χ1n) is 11.1. The number of ether oxygens (including phenoxy) is 1. The van der Waals surface area contributed by atoms with E-state index in [9.17, 15) is 9.59 Å². The molecular formula is C25H30N4O3. The quantitative estimate of drug-likeness (QED) is 0.575. The third-order valence-corrected chi connectivity index (χ3v) is 6.48. The Balaban J connectivity index is 1.51. The lowest BCUT2D eigenvalue weighted by atomic mass is 10.1. The number of methoxy groups -OCH3 is 1. The molecule has 1 aliphatic rings. The van der Waals surface area contributed by atoms with Gasteiger partial charge in [-0.2, -0.15) is 0 Å². The van der Waals surface area contributed by atoms with Gasteiger partial charge < -0.3 is 9.72 Å². The molecule has 0 spiro atoms. The summed E-state index contributed by atoms with van der Waals surface area (Å²) in [6.07, 6.45) is 1.08. The van der Waals surface area contributed by atoms with Crippen LogP contribution in [-0.4, -0.2) is 58.5 Å². The third kappa shape index (κ3) is 4.59. The van der Waals surface area contributed by atoms with Crippen LogP contribution in [-0.2, 0) is 11.3 Å². The Hall–Kier alpha value is -3.03. The van der Waals surface area contributed by atoms with Crippen LogP contribution < -0.4 is 5.56 Å². The van der Waals surface area contributed by atoms with Crippen LogP contribution in [0.25, 0.3) is 10.9 Å². The van der Waals surface area contributed by atoms with Gasteiger partial charge in [0.05, 0.1) is 30.1 Å². The summed E-state index contributed by atoms with van der Waals surface area (Å²) in [7, 11) is 1.34. The highest BCUT2D eigenvalue weighted by molar-refractivity contribution is 5.93. The van der Waals surface area contributed by atoms with Gasteiger partial charge >= 0.3 is 5.97 Å². The number of fused-ring (bicyclic) bond motifs is 1. The molecule has 32 heavy (non-hydrogen) atoms. The van der Waals surface area contributed by atoms with Crippen molar-refractivity contribution in [2.75, 3.05) is 26.7 Å². The minimum Gasteiger partial charge on any atom is -0.465 e. The van der Waals surface area contributed by atoms with Gasteiger partial charge in [0, 0.05) is 25.2 Å². The molecule has 2 unspecified atom stereocenters. The van der Waals surface area contributed by atoms with Crippen molar-refractivity contribution < 1.29 is 9.53 Å². The molecule has 2 aromatic carbocycles. The van der Waals surface area contributed by atoms with E-state index in [1.165, 1.54) is 12.7 Å². The van der Waals surface area contributed by atoms with Gasteiger partial charge in [0.2, 0.25) is 0 Å². The Labute approximate surface area is 188 Å². The summed E-state index contributed by atoms with van der Waals surface area (Å²) in [6, 6.07) is 16.2. The van der Waals surface area contributed by atoms with Crippen molar-refractivity contribution in [3.63, 3.8) is 0 Å². The SMILES string of the molecule is CCN(Cc1nc2cc(C(=O)OC)ccc2c(=O)[nH]1)C1CCN(C(C)c2ccccc2)C1. The van der Waals surface area contributed by atoms with Crippen molar-refractivity contribution in [1.29, 1.82) is 0 Å². The second-order valence-corrected chi connectivity index (χ2v) is 8.32. The summed E-state index contributed by atoms with van der Waals surface area (Å²) in [5.41, 5.74) is 2.03. The number of carbonyl (C=O) groups is 1. The highest BCUT2D eigenvalue weighted by Gasteiger charge is 2.30. The van der Waals surface area contributed by atoms with E-state index in [1.807, 2.05) is 6.07 Å². The molecule has 168 valence electrons. The molecule has 1 N–H and O–H groups in total. The average Bonchev–Trinajstić information content (AvgIpc) is 3.31. The zero-order valence-electron chi connectivity index (χ0n) is 18.9. The largest absolute Gasteiger partial charge is 0.465 e. The summed E-state index contributed by atoms with van der Waals surface area (Å²) in [5, 5.41) is 0.466. The lowest BCUT2D eigenvalue weighted by molar-refractivity contribution is 0.0601. The van der Waals surface area contributed by atoms with Gasteiger partial charge in [0.1, 0.15) is 5.82 Å². The Bertz CT molecular complexity index is 1140. The van der Waals surface area contributed by atoms with E-state index >= 15 is 0 Å². The first-order valence-corrected chi connectivity index (χ1v) is 11.1. The lowest BCUT2D eigenvalue weighted by Crippen LogP contribution is -2.38. The molecule has 7 heteroatoms. The number of likely N-dealkylation sites (tertiary alicyclic amines) is 1. The highest BCUT2D eigenvalue weighted by Crippen LogP contribution is 2.27. The van der Waals surface area contributed by atoms with Crippen LogP contribution in [0, 0.1) is 0 Å². The Morgan fingerprint density at radius 1 is 1.28 bits per heavy atom. The van der Waals surface area contributed by atoms with E-state index in [0.29, 0.717) is 40.9 Å². The van der Waals surface area contributed by atoms with E-state index in [1.54, 1.807) is 18.2 Å². The van der Waals surface area contributed by atoms with Crippen LogP contribution in [0.15, 0.2) is 53.3 Å². The number of nitrogens with zero attached hydrogens (tertiary/aromatic N) is 3. The van der Waals surface area contributed by atoms with Crippen molar-refractivity contribution in [1.82, 2.24) is 19.8 Å². The van der Waals surface area contributed by atoms with Crippen LogP contribution in [0.3, 0.4) is 0 Å². The van der Waals surface area contributed by atoms with Crippen LogP contribution in [0.4, 0.5) is 0 Å². The molecule has 1 saturated heterocycles. The molecule has 0 saturated carbocycles. The topological polar surface area (TPSA) is 78.5 Å². The number of benzene rings is 2. The van der Waals surface area contributed by atoms with Crippen molar-refractivity contribution in [2.24, 2.45) is 0 Å². The molecule has 0 radical (unpaired) electrons. The fraction of sp³-hybridized carbons (Fsp3) is 0.400. The van der Waals surface area contributed by atoms with Crippen molar-refractivity contribution in [3.8, 4) is 0 Å². The molecule has 0 aliphatic carbocycles. The summed E-state index contributed by atoms with van der Waals surface area (Å²) in [4.78, 5) is 36.9. The van der Waals surface area contributed by atoms with Crippen molar-refractivity contribution in [3.05, 3.63) is 75.8 Å². The monoisotopic (exact) mass is 434 g/mol. The van der Waals surface area contributed by atoms with E-state index in [0.717, 1.165) is 26.1 Å². The number of nitrogens with one attached hydrogen (secondary N) is 1. The van der Waals surface area contributed by atoms with Gasteiger partial charge in [-0.3, -0.25) is 14.6 Å². The summed E-state index contributed by atoms with van der Waals surface area (Å²) < 4.78 is 4.79. The first-order chi connectivity index (χ1) is 15.5. The van der Waals surface area contributed by atoms with Crippen LogP contribution >= 0.6 is 0 Å². The van der Waals surface area contributed by atoms with E-state index < -0.39 is 5.97 Å². The van der Waals surface area contributed by atoms with Gasteiger partial charge in [-0.1, -0.05) is 37.3 Å². The minimum absolute atomic E-state index is 0.191. The Kier molecular flexibility index (Phi) is 6.67. The Morgan fingerprint density at radius 2 is 2.06 bits per heavy atom. The Morgan fingerprint density at radius 3 is 2.78 bits per heavy atom. The molecule has 1 aliphatic heterocycles. The number of hydrogen-bond acceptors (Lipinski definition) is 6. The maximum atomic E-state index is 12.6. The lowest BCUT2D eigenvalue weighted by Gasteiger charge is -2.29. The fourth-order valence-corrected chi connectivity index (χ4v) is 4.56. The van der Waals surface area contributed by atoms with Gasteiger partial charge in [-0.15, -0.1) is 0 Å². The number of likely N-dealkylation sites (N-methyl/N-ethyl adjacent to an activating group) is 1. The number of H-pyrrole nitrogens is 1. The molecule has 1 aromatic heterocycles. The summed E-state index contributed by atoms with van der Waals surface area (Å²) in [6.45, 7) is 7.84. The fourth-order valence-electron chi connectivity index (χ4n) is 4.56. The zero-order valence-corrected chi connectivity index (χ0v) is 18.9. The number of aromatic amines is 1. The maximum absolute atomic E-state index is 12.6. The molecule has 4 rings (SSSR count). The van der Waals surface area contributed by atoms with E-state index in [2.05, 4.69) is 57.9 Å². The molecule has 1 fully saturated rings. The standard InChI is InChI=1S/C25H30N4O3/c1-4-28(20-12-13-29(15-20)17(2)18-8-6-5-7-9-18)16-23-26-22-14-19(25(31)32-3)10-11-21(22)24(30)27-23/h5-11,14,17,20H,4,12-13,15-16H2,1-3H3,(H,26,27,30). The second-order valence-electron chi connectivity index (χ2n) is 8.32. The maximum Gasteiger partial charge on any atom is 0.337 e. The first kappa shape index (κ1) is 22.2. The molecule has 3 aromatic rings. The van der Waals surface area contributed by atoms with E-state index in [-0.39, 0.29) is 5.56 Å². The zero-order chi connectivity index (χ0) is 22.7. The van der Waals surface area contributed by atoms with Crippen molar-refractivity contribution in [2.45, 2.75) is 38.9 Å². The molecular weight excluding hydrogens is 404 g/mol. The van der Waals surface area contributed by atoms with Crippen LogP contribution in [0.5, 0.6) is 0 Å². The molecule has 7 nitrogen and oxygen atoms in total. The van der Waals surface area contributed by atoms with Gasteiger partial charge in [-0.25, -0.2) is 9.78 Å². The second kappa shape index (κ2) is 9.63. The molecule has 0 bridgehead atoms. The van der Waals surface area contributed by atoms with Gasteiger partial charge in [0.25, 0.3) is 5.56 Å². The molecule has 0 amide bonds. The number of rotatable bonds is 7. The van der Waals surface area contributed by atoms with Crippen molar-refractivity contribution >= 4 is 16.9 Å². The smallest absolute Gasteiger partial charge is 0.337 e. The number of aromatic nitrogens is 2. The third-order valence-electron chi connectivity index (χ3n) is 6.48. The molecule has 2 heterocycles. The van der Waals surface area contributed by atoms with Gasteiger partial charge in [-0.05, 0) is 43.7 Å². The number of hydrogen-bond donors (Lipinski definition) is 1. The minimum atomic E-state index is -0.440. The van der Waals surface area contributed by atoms with E-state index in [4.69, 9.17) is 4.74 Å². The number of carbonyl (C=O) groups excluding carboxylic acids is 1. The molecule has 2 atom stereocenters. The average molecular weight is 435 g/mol. The number of esters is 1.